The maximum atomic E-state index is 2.19. The van der Waals surface area contributed by atoms with Crippen molar-refractivity contribution in [3.05, 3.63) is 145 Å². The minimum absolute atomic E-state index is 1.21. The smallest absolute Gasteiger partial charge is 0.0408 e. The van der Waals surface area contributed by atoms with E-state index < -0.39 is 0 Å². The van der Waals surface area contributed by atoms with E-state index in [1.807, 2.05) is 35.6 Å². The maximum Gasteiger partial charge on any atom is 0.0408 e. The van der Waals surface area contributed by atoms with Crippen molar-refractivity contribution in [2.75, 3.05) is 11.9 Å². The fourth-order valence-electron chi connectivity index (χ4n) is 3.78. The number of fused-ring (bicyclic) bond motifs is 3. The molecule has 0 aliphatic carbocycles. The molecule has 0 spiro atoms. The minimum Gasteiger partial charge on any atom is -0.345 e. The first-order valence-electron chi connectivity index (χ1n) is 11.9. The van der Waals surface area contributed by atoms with Crippen LogP contribution in [0.15, 0.2) is 133 Å². The molecule has 0 saturated carbocycles. The predicted octanol–water partition coefficient (Wildman–Crippen LogP) is 9.81. The molecule has 35 heavy (non-hydrogen) atoms. The summed E-state index contributed by atoms with van der Waals surface area (Å²) in [5.41, 5.74) is 5.04. The van der Waals surface area contributed by atoms with Gasteiger partial charge in [0.15, 0.2) is 0 Å². The van der Waals surface area contributed by atoms with Crippen LogP contribution in [-0.2, 0) is 0 Å². The van der Waals surface area contributed by atoms with Gasteiger partial charge < -0.3 is 4.90 Å². The Hall–Kier alpha value is -3.88. The van der Waals surface area contributed by atoms with Crippen LogP contribution in [0.2, 0.25) is 0 Å². The van der Waals surface area contributed by atoms with Crippen molar-refractivity contribution in [1.29, 1.82) is 0 Å². The summed E-state index contributed by atoms with van der Waals surface area (Å²) >= 11 is 1.86. The molecule has 0 atom stereocenters. The number of nitrogens with zero attached hydrogens (tertiary/aromatic N) is 1. The van der Waals surface area contributed by atoms with Gasteiger partial charge in [0.25, 0.3) is 0 Å². The van der Waals surface area contributed by atoms with Crippen LogP contribution >= 0.6 is 11.3 Å². The van der Waals surface area contributed by atoms with E-state index in [1.54, 1.807) is 0 Å². The molecule has 1 heterocycles. The highest BCUT2D eigenvalue weighted by Gasteiger charge is 2.02. The van der Waals surface area contributed by atoms with Gasteiger partial charge >= 0.3 is 0 Å². The number of thiophene rings is 1. The molecule has 1 aromatic heterocycles. The third-order valence-corrected chi connectivity index (χ3v) is 6.94. The Morgan fingerprint density at radius 2 is 0.829 bits per heavy atom. The van der Waals surface area contributed by atoms with E-state index in [2.05, 4.69) is 135 Å². The number of hydrogen-bond donors (Lipinski definition) is 0. The topological polar surface area (TPSA) is 3.24 Å². The molecule has 2 heteroatoms. The van der Waals surface area contributed by atoms with Crippen LogP contribution in [0.25, 0.3) is 20.2 Å². The Morgan fingerprint density at radius 3 is 1.31 bits per heavy atom. The van der Waals surface area contributed by atoms with Crippen molar-refractivity contribution in [3.63, 3.8) is 0 Å². The normalized spacial score (nSPS) is 10.1. The van der Waals surface area contributed by atoms with Crippen LogP contribution in [0.5, 0.6) is 0 Å². The molecule has 0 amide bonds. The monoisotopic (exact) mass is 473 g/mol. The summed E-state index contributed by atoms with van der Waals surface area (Å²) < 4.78 is 2.76. The van der Waals surface area contributed by atoms with Crippen LogP contribution in [0.1, 0.15) is 11.1 Å². The van der Waals surface area contributed by atoms with Crippen molar-refractivity contribution in [2.24, 2.45) is 0 Å². The summed E-state index contributed by atoms with van der Waals surface area (Å²) in [6.45, 7) is 4.19. The maximum absolute atomic E-state index is 2.19. The number of hydrogen-bond acceptors (Lipinski definition) is 2. The fourth-order valence-corrected chi connectivity index (χ4v) is 4.88. The molecule has 1 nitrogen and oxygen atoms in total. The Bertz CT molecular complexity index is 1400. The molecule has 6 aromatic rings. The lowest BCUT2D eigenvalue weighted by Crippen LogP contribution is -2.08. The second-order valence-electron chi connectivity index (χ2n) is 8.48. The minimum atomic E-state index is 1.21. The third kappa shape index (κ3) is 6.59. The summed E-state index contributed by atoms with van der Waals surface area (Å²) in [6, 6.07) is 46.3. The standard InChI is InChI=1S/C14H15N.C12H8S.C7H8/c1-12-8-10-14(11-9-12)15(2)13-6-4-3-5-7-13;1-3-7-11-9(5-1)10-6-2-4-8-12(10)13-11;1-7-5-3-2-4-6-7/h3-11H,1-2H3;1-8H;2-6H,1H3. The van der Waals surface area contributed by atoms with Gasteiger partial charge in [-0.3, -0.25) is 0 Å². The molecule has 174 valence electrons. The van der Waals surface area contributed by atoms with E-state index in [-0.39, 0.29) is 0 Å². The van der Waals surface area contributed by atoms with E-state index >= 15 is 0 Å². The average molecular weight is 474 g/mol. The van der Waals surface area contributed by atoms with Crippen LogP contribution in [-0.4, -0.2) is 7.05 Å². The van der Waals surface area contributed by atoms with E-state index in [0.29, 0.717) is 0 Å². The summed E-state index contributed by atoms with van der Waals surface area (Å²) in [5.74, 6) is 0. The summed E-state index contributed by atoms with van der Waals surface area (Å²) in [5, 5.41) is 2.76. The molecule has 5 aromatic carbocycles. The highest BCUT2D eigenvalue weighted by Crippen LogP contribution is 2.32. The van der Waals surface area contributed by atoms with Gasteiger partial charge in [-0.2, -0.15) is 0 Å². The molecule has 0 fully saturated rings. The molecule has 0 saturated heterocycles. The van der Waals surface area contributed by atoms with Crippen LogP contribution in [0, 0.1) is 13.8 Å². The second kappa shape index (κ2) is 12.0. The Kier molecular flexibility index (Phi) is 8.32. The average Bonchev–Trinajstić information content (AvgIpc) is 3.29. The van der Waals surface area contributed by atoms with E-state index in [0.717, 1.165) is 0 Å². The number of para-hydroxylation sites is 1. The second-order valence-corrected chi connectivity index (χ2v) is 9.56. The lowest BCUT2D eigenvalue weighted by Gasteiger charge is -2.19. The van der Waals surface area contributed by atoms with Crippen molar-refractivity contribution >= 4 is 42.9 Å². The lowest BCUT2D eigenvalue weighted by molar-refractivity contribution is 1.20. The van der Waals surface area contributed by atoms with Gasteiger partial charge in [-0.15, -0.1) is 11.3 Å². The molecule has 0 unspecified atom stereocenters. The lowest BCUT2D eigenvalue weighted by atomic mass is 10.2. The van der Waals surface area contributed by atoms with Gasteiger partial charge in [0.1, 0.15) is 0 Å². The van der Waals surface area contributed by atoms with Crippen molar-refractivity contribution < 1.29 is 0 Å². The predicted molar refractivity (Wildman–Crippen MR) is 156 cm³/mol. The highest BCUT2D eigenvalue weighted by molar-refractivity contribution is 7.25. The fraction of sp³-hybridized carbons (Fsp3) is 0.0909. The van der Waals surface area contributed by atoms with E-state index in [1.165, 1.54) is 42.7 Å². The Balaban J connectivity index is 0.000000132. The molecule has 0 radical (unpaired) electrons. The number of rotatable bonds is 2. The van der Waals surface area contributed by atoms with Crippen molar-refractivity contribution in [1.82, 2.24) is 0 Å². The van der Waals surface area contributed by atoms with Crippen LogP contribution < -0.4 is 4.90 Å². The SMILES string of the molecule is Cc1ccc(N(C)c2ccccc2)cc1.Cc1ccccc1.c1ccc2c(c1)sc1ccccc12. The van der Waals surface area contributed by atoms with Gasteiger partial charge in [0.05, 0.1) is 0 Å². The zero-order valence-electron chi connectivity index (χ0n) is 20.6. The number of benzene rings is 5. The zero-order chi connectivity index (χ0) is 24.5. The zero-order valence-corrected chi connectivity index (χ0v) is 21.4. The van der Waals surface area contributed by atoms with Crippen molar-refractivity contribution in [2.45, 2.75) is 13.8 Å². The van der Waals surface area contributed by atoms with Crippen LogP contribution in [0.4, 0.5) is 11.4 Å². The van der Waals surface area contributed by atoms with Gasteiger partial charge in [-0.1, -0.05) is 108 Å². The van der Waals surface area contributed by atoms with E-state index in [9.17, 15) is 0 Å². The number of aryl methyl sites for hydroxylation is 2. The van der Waals surface area contributed by atoms with Gasteiger partial charge in [-0.25, -0.2) is 0 Å². The molecule has 0 aliphatic rings. The third-order valence-electron chi connectivity index (χ3n) is 5.79. The summed E-state index contributed by atoms with van der Waals surface area (Å²) in [4.78, 5) is 2.18. The Labute approximate surface area is 212 Å². The molecule has 0 aliphatic heterocycles. The molecule has 6 rings (SSSR count). The van der Waals surface area contributed by atoms with Gasteiger partial charge in [0.2, 0.25) is 0 Å². The van der Waals surface area contributed by atoms with Crippen molar-refractivity contribution in [3.8, 4) is 0 Å². The first-order valence-corrected chi connectivity index (χ1v) is 12.7. The molecular weight excluding hydrogens is 442 g/mol. The van der Waals surface area contributed by atoms with Gasteiger partial charge in [0, 0.05) is 38.6 Å². The first-order chi connectivity index (χ1) is 17.1. The summed E-state index contributed by atoms with van der Waals surface area (Å²) in [6.07, 6.45) is 0. The molecule has 0 N–H and O–H groups in total. The number of anilines is 2. The largest absolute Gasteiger partial charge is 0.345 e. The first kappa shape index (κ1) is 24.3. The van der Waals surface area contributed by atoms with E-state index in [4.69, 9.17) is 0 Å². The molecule has 0 bridgehead atoms. The van der Waals surface area contributed by atoms with Gasteiger partial charge in [-0.05, 0) is 50.2 Å². The quantitative estimate of drug-likeness (QED) is 0.242. The summed E-state index contributed by atoms with van der Waals surface area (Å²) in [7, 11) is 2.08. The Morgan fingerprint density at radius 1 is 0.429 bits per heavy atom. The van der Waals surface area contributed by atoms with Crippen LogP contribution in [0.3, 0.4) is 0 Å². The molecular formula is C33H31NS. The highest BCUT2D eigenvalue weighted by atomic mass is 32.1.